The average molecular weight is 284 g/mol. The van der Waals surface area contributed by atoms with Gasteiger partial charge in [-0.25, -0.2) is 0 Å². The van der Waals surface area contributed by atoms with Crippen LogP contribution in [0.1, 0.15) is 37.7 Å². The molecular formula is C17H20N2O2. The van der Waals surface area contributed by atoms with Gasteiger partial charge in [-0.1, -0.05) is 25.0 Å². The highest BCUT2D eigenvalue weighted by Gasteiger charge is 2.01. The summed E-state index contributed by atoms with van der Waals surface area (Å²) in [6.45, 7) is 0. The van der Waals surface area contributed by atoms with Crippen LogP contribution in [0.4, 0.5) is 0 Å². The molecule has 110 valence electrons. The van der Waals surface area contributed by atoms with E-state index in [1.54, 1.807) is 6.20 Å². The van der Waals surface area contributed by atoms with Crippen LogP contribution >= 0.6 is 0 Å². The predicted octanol–water partition coefficient (Wildman–Crippen LogP) is 3.72. The highest BCUT2D eigenvalue weighted by molar-refractivity contribution is 5.66. The molecule has 0 aliphatic carbocycles. The number of nitrogens with zero attached hydrogens (tertiary/aromatic N) is 2. The zero-order chi connectivity index (χ0) is 14.9. The Morgan fingerprint density at radius 1 is 0.952 bits per heavy atom. The van der Waals surface area contributed by atoms with Crippen molar-refractivity contribution < 1.29 is 9.90 Å². The number of carbonyl (C=O) groups is 1. The molecule has 0 amide bonds. The van der Waals surface area contributed by atoms with E-state index in [9.17, 15) is 4.79 Å². The molecule has 1 N–H and O–H groups in total. The van der Waals surface area contributed by atoms with E-state index in [0.29, 0.717) is 0 Å². The third kappa shape index (κ3) is 5.34. The van der Waals surface area contributed by atoms with Crippen molar-refractivity contribution in [3.8, 4) is 11.4 Å². The summed E-state index contributed by atoms with van der Waals surface area (Å²) >= 11 is 0. The van der Waals surface area contributed by atoms with Gasteiger partial charge in [0, 0.05) is 18.8 Å². The molecule has 4 nitrogen and oxygen atoms in total. The van der Waals surface area contributed by atoms with Crippen molar-refractivity contribution in [2.75, 3.05) is 0 Å². The molecule has 4 heteroatoms. The number of carboxylic acid groups (broad SMARTS) is 1. The lowest BCUT2D eigenvalue weighted by Crippen LogP contribution is -1.94. The second kappa shape index (κ2) is 8.15. The van der Waals surface area contributed by atoms with Gasteiger partial charge in [0.15, 0.2) is 0 Å². The normalized spacial score (nSPS) is 10.5. The van der Waals surface area contributed by atoms with Crippen molar-refractivity contribution >= 4 is 5.97 Å². The topological polar surface area (TPSA) is 63.1 Å². The summed E-state index contributed by atoms with van der Waals surface area (Å²) in [7, 11) is 0. The summed E-state index contributed by atoms with van der Waals surface area (Å²) in [6.07, 6.45) is 8.82. The van der Waals surface area contributed by atoms with E-state index in [-0.39, 0.29) is 6.42 Å². The summed E-state index contributed by atoms with van der Waals surface area (Å²) in [5.41, 5.74) is 2.99. The molecule has 0 saturated carbocycles. The van der Waals surface area contributed by atoms with Gasteiger partial charge in [0.25, 0.3) is 0 Å². The predicted molar refractivity (Wildman–Crippen MR) is 81.9 cm³/mol. The van der Waals surface area contributed by atoms with Crippen LogP contribution in [0.15, 0.2) is 42.7 Å². The minimum Gasteiger partial charge on any atom is -0.481 e. The Bertz CT molecular complexity index is 553. The molecule has 2 aromatic rings. The molecule has 2 aromatic heterocycles. The van der Waals surface area contributed by atoms with Crippen molar-refractivity contribution in [1.29, 1.82) is 0 Å². The lowest BCUT2D eigenvalue weighted by Gasteiger charge is -2.03. The molecular weight excluding hydrogens is 264 g/mol. The Morgan fingerprint density at radius 2 is 1.76 bits per heavy atom. The van der Waals surface area contributed by atoms with E-state index in [1.807, 2.05) is 30.5 Å². The summed E-state index contributed by atoms with van der Waals surface area (Å²) in [4.78, 5) is 19.1. The van der Waals surface area contributed by atoms with Crippen molar-refractivity contribution in [3.05, 3.63) is 48.3 Å². The van der Waals surface area contributed by atoms with Gasteiger partial charge in [-0.2, -0.15) is 0 Å². The van der Waals surface area contributed by atoms with Crippen LogP contribution in [0, 0.1) is 0 Å². The molecule has 0 aliphatic rings. The number of pyridine rings is 2. The monoisotopic (exact) mass is 284 g/mol. The molecule has 21 heavy (non-hydrogen) atoms. The Kier molecular flexibility index (Phi) is 5.88. The van der Waals surface area contributed by atoms with Crippen LogP contribution in [0.3, 0.4) is 0 Å². The molecule has 0 radical (unpaired) electrons. The summed E-state index contributed by atoms with van der Waals surface area (Å²) in [5.74, 6) is -0.704. The van der Waals surface area contributed by atoms with E-state index in [0.717, 1.165) is 43.5 Å². The quantitative estimate of drug-likeness (QED) is 0.750. The number of aromatic nitrogens is 2. The van der Waals surface area contributed by atoms with E-state index in [4.69, 9.17) is 5.11 Å². The van der Waals surface area contributed by atoms with Gasteiger partial charge in [0.2, 0.25) is 0 Å². The van der Waals surface area contributed by atoms with Gasteiger partial charge in [-0.3, -0.25) is 14.8 Å². The first-order valence-electron chi connectivity index (χ1n) is 7.34. The number of hydrogen-bond acceptors (Lipinski definition) is 3. The number of aryl methyl sites for hydroxylation is 1. The Balaban J connectivity index is 1.74. The first kappa shape index (κ1) is 15.2. The molecule has 0 aromatic carbocycles. The molecule has 2 heterocycles. The van der Waals surface area contributed by atoms with Crippen LogP contribution in [-0.4, -0.2) is 21.0 Å². The lowest BCUT2D eigenvalue weighted by molar-refractivity contribution is -0.137. The fourth-order valence-corrected chi connectivity index (χ4v) is 2.20. The zero-order valence-electron chi connectivity index (χ0n) is 12.0. The zero-order valence-corrected chi connectivity index (χ0v) is 12.0. The maximum absolute atomic E-state index is 10.4. The maximum atomic E-state index is 10.4. The molecule has 0 spiro atoms. The van der Waals surface area contributed by atoms with Crippen LogP contribution in [-0.2, 0) is 11.2 Å². The largest absolute Gasteiger partial charge is 0.481 e. The number of unbranched alkanes of at least 4 members (excludes halogenated alkanes) is 3. The molecule has 0 aliphatic heterocycles. The molecule has 2 rings (SSSR count). The second-order valence-corrected chi connectivity index (χ2v) is 5.07. The highest BCUT2D eigenvalue weighted by Crippen LogP contribution is 2.15. The van der Waals surface area contributed by atoms with Crippen LogP contribution in [0.5, 0.6) is 0 Å². The fraction of sp³-hybridized carbons (Fsp3) is 0.353. The van der Waals surface area contributed by atoms with E-state index < -0.39 is 5.97 Å². The lowest BCUT2D eigenvalue weighted by atomic mass is 10.1. The SMILES string of the molecule is O=C(O)CCCCCCc1ccc(-c2ccccn2)nc1. The molecule has 0 fully saturated rings. The van der Waals surface area contributed by atoms with E-state index >= 15 is 0 Å². The minimum absolute atomic E-state index is 0.278. The van der Waals surface area contributed by atoms with Gasteiger partial charge >= 0.3 is 5.97 Å². The number of rotatable bonds is 8. The Hall–Kier alpha value is -2.23. The minimum atomic E-state index is -0.704. The third-order valence-electron chi connectivity index (χ3n) is 3.36. The molecule has 0 atom stereocenters. The molecule has 0 unspecified atom stereocenters. The fourth-order valence-electron chi connectivity index (χ4n) is 2.20. The average Bonchev–Trinajstić information content (AvgIpc) is 2.52. The number of carboxylic acids is 1. The van der Waals surface area contributed by atoms with Gasteiger partial charge in [0.05, 0.1) is 11.4 Å². The van der Waals surface area contributed by atoms with Crippen molar-refractivity contribution in [3.63, 3.8) is 0 Å². The van der Waals surface area contributed by atoms with Gasteiger partial charge < -0.3 is 5.11 Å². The maximum Gasteiger partial charge on any atom is 0.303 e. The van der Waals surface area contributed by atoms with Crippen LogP contribution < -0.4 is 0 Å². The molecule has 0 saturated heterocycles. The summed E-state index contributed by atoms with van der Waals surface area (Å²) < 4.78 is 0. The van der Waals surface area contributed by atoms with Crippen molar-refractivity contribution in [1.82, 2.24) is 9.97 Å². The van der Waals surface area contributed by atoms with E-state index in [2.05, 4.69) is 16.0 Å². The highest BCUT2D eigenvalue weighted by atomic mass is 16.4. The first-order chi connectivity index (χ1) is 10.3. The van der Waals surface area contributed by atoms with E-state index in [1.165, 1.54) is 5.56 Å². The Labute approximate surface area is 124 Å². The van der Waals surface area contributed by atoms with Crippen molar-refractivity contribution in [2.45, 2.75) is 38.5 Å². The van der Waals surface area contributed by atoms with Gasteiger partial charge in [-0.05, 0) is 43.0 Å². The molecule has 0 bridgehead atoms. The second-order valence-electron chi connectivity index (χ2n) is 5.07. The van der Waals surface area contributed by atoms with Crippen LogP contribution in [0.25, 0.3) is 11.4 Å². The Morgan fingerprint density at radius 3 is 2.43 bits per heavy atom. The standard InChI is InChI=1S/C17H20N2O2/c20-17(21)9-4-2-1-3-7-14-10-11-16(19-13-14)15-8-5-6-12-18-15/h5-6,8,10-13H,1-4,7,9H2,(H,20,21). The van der Waals surface area contributed by atoms with Crippen molar-refractivity contribution in [2.24, 2.45) is 0 Å². The number of aliphatic carboxylic acids is 1. The third-order valence-corrected chi connectivity index (χ3v) is 3.36. The summed E-state index contributed by atoms with van der Waals surface area (Å²) in [6, 6.07) is 9.89. The first-order valence-corrected chi connectivity index (χ1v) is 7.34. The summed E-state index contributed by atoms with van der Waals surface area (Å²) in [5, 5.41) is 8.55. The number of hydrogen-bond donors (Lipinski definition) is 1. The smallest absolute Gasteiger partial charge is 0.303 e. The van der Waals surface area contributed by atoms with Gasteiger partial charge in [-0.15, -0.1) is 0 Å². The van der Waals surface area contributed by atoms with Crippen LogP contribution in [0.2, 0.25) is 0 Å². The van der Waals surface area contributed by atoms with Gasteiger partial charge in [0.1, 0.15) is 0 Å².